The Hall–Kier alpha value is -2.40. The van der Waals surface area contributed by atoms with Crippen LogP contribution in [-0.2, 0) is 9.53 Å². The van der Waals surface area contributed by atoms with E-state index in [1.54, 1.807) is 13.2 Å². The zero-order chi connectivity index (χ0) is 18.1. The minimum Gasteiger partial charge on any atom is -0.501 e. The van der Waals surface area contributed by atoms with Crippen molar-refractivity contribution < 1.29 is 9.53 Å². The van der Waals surface area contributed by atoms with Crippen molar-refractivity contribution in [2.24, 2.45) is 5.10 Å². The minimum absolute atomic E-state index is 0.0558. The molecule has 1 unspecified atom stereocenters. The number of nitrogens with zero attached hydrogens (tertiary/aromatic N) is 2. The maximum absolute atomic E-state index is 13.1. The van der Waals surface area contributed by atoms with Gasteiger partial charge in [0.25, 0.3) is 0 Å². The number of benzene rings is 2. The molecular formula is C21H19BrN2O2. The quantitative estimate of drug-likeness (QED) is 0.736. The van der Waals surface area contributed by atoms with Crippen molar-refractivity contribution in [1.82, 2.24) is 0 Å². The molecule has 0 N–H and O–H groups in total. The summed E-state index contributed by atoms with van der Waals surface area (Å²) in [6.45, 7) is 0. The number of anilines is 1. The van der Waals surface area contributed by atoms with E-state index in [0.29, 0.717) is 12.8 Å². The van der Waals surface area contributed by atoms with Crippen LogP contribution in [0.3, 0.4) is 0 Å². The Morgan fingerprint density at radius 2 is 1.85 bits per heavy atom. The van der Waals surface area contributed by atoms with Crippen molar-refractivity contribution in [3.05, 3.63) is 76.5 Å². The Morgan fingerprint density at radius 3 is 2.50 bits per heavy atom. The molecule has 0 fully saturated rings. The Balaban J connectivity index is 1.78. The number of carbonyl (C=O) groups is 1. The number of hydrogen-bond acceptors (Lipinski definition) is 4. The summed E-state index contributed by atoms with van der Waals surface area (Å²) < 4.78 is 6.33. The fourth-order valence-electron chi connectivity index (χ4n) is 3.63. The number of carbonyl (C=O) groups excluding carboxylic acids is 1. The summed E-state index contributed by atoms with van der Waals surface area (Å²) in [6, 6.07) is 18.0. The standard InChI is InChI=1S/C21H19BrN2O2/c1-26-18-11-12-21(20(25)13-18)14-19(15-7-9-16(22)10-8-15)23-24(21)17-5-3-2-4-6-17/h2-10,13H,11-12,14H2,1H3. The van der Waals surface area contributed by atoms with Crippen molar-refractivity contribution in [3.63, 3.8) is 0 Å². The van der Waals surface area contributed by atoms with Crippen LogP contribution in [0.4, 0.5) is 5.69 Å². The summed E-state index contributed by atoms with van der Waals surface area (Å²) >= 11 is 3.47. The molecular weight excluding hydrogens is 392 g/mol. The number of hydrazone groups is 1. The molecule has 2 aliphatic rings. The molecule has 0 saturated heterocycles. The summed E-state index contributed by atoms with van der Waals surface area (Å²) in [5, 5.41) is 6.79. The third-order valence-corrected chi connectivity index (χ3v) is 5.59. The van der Waals surface area contributed by atoms with Crippen LogP contribution < -0.4 is 5.01 Å². The van der Waals surface area contributed by atoms with Crippen LogP contribution in [0.2, 0.25) is 0 Å². The molecule has 2 aromatic carbocycles. The van der Waals surface area contributed by atoms with Gasteiger partial charge in [0.05, 0.1) is 24.3 Å². The zero-order valence-corrected chi connectivity index (χ0v) is 16.1. The van der Waals surface area contributed by atoms with E-state index < -0.39 is 5.54 Å². The predicted molar refractivity (Wildman–Crippen MR) is 106 cm³/mol. The third-order valence-electron chi connectivity index (χ3n) is 5.06. The number of methoxy groups -OCH3 is 1. The van der Waals surface area contributed by atoms with Crippen molar-refractivity contribution in [2.75, 3.05) is 12.1 Å². The van der Waals surface area contributed by atoms with Gasteiger partial charge in [0, 0.05) is 23.4 Å². The minimum atomic E-state index is -0.675. The molecule has 1 heterocycles. The average Bonchev–Trinajstić information content (AvgIpc) is 3.06. The lowest BCUT2D eigenvalue weighted by Gasteiger charge is -2.38. The van der Waals surface area contributed by atoms with E-state index in [1.807, 2.05) is 59.6 Å². The van der Waals surface area contributed by atoms with Crippen molar-refractivity contribution >= 4 is 33.1 Å². The molecule has 26 heavy (non-hydrogen) atoms. The number of hydrogen-bond donors (Lipinski definition) is 0. The summed E-state index contributed by atoms with van der Waals surface area (Å²) in [4.78, 5) is 13.1. The number of ether oxygens (including phenoxy) is 1. The molecule has 0 aromatic heterocycles. The van der Waals surface area contributed by atoms with E-state index >= 15 is 0 Å². The van der Waals surface area contributed by atoms with Crippen LogP contribution in [0, 0.1) is 0 Å². The molecule has 0 amide bonds. The van der Waals surface area contributed by atoms with Gasteiger partial charge in [-0.15, -0.1) is 0 Å². The maximum Gasteiger partial charge on any atom is 0.187 e. The first kappa shape index (κ1) is 17.0. The third kappa shape index (κ3) is 2.86. The molecule has 0 bridgehead atoms. The van der Waals surface area contributed by atoms with Crippen LogP contribution in [0.25, 0.3) is 0 Å². The molecule has 0 radical (unpaired) electrons. The molecule has 4 nitrogen and oxygen atoms in total. The largest absolute Gasteiger partial charge is 0.501 e. The van der Waals surface area contributed by atoms with Gasteiger partial charge in [0.2, 0.25) is 0 Å². The fourth-order valence-corrected chi connectivity index (χ4v) is 3.90. The molecule has 4 rings (SSSR count). The molecule has 132 valence electrons. The van der Waals surface area contributed by atoms with Crippen LogP contribution in [0.15, 0.2) is 76.0 Å². The summed E-state index contributed by atoms with van der Waals surface area (Å²) in [7, 11) is 1.62. The number of allylic oxidation sites excluding steroid dienone is 1. The van der Waals surface area contributed by atoms with Crippen LogP contribution >= 0.6 is 15.9 Å². The molecule has 1 aliphatic heterocycles. The van der Waals surface area contributed by atoms with E-state index in [2.05, 4.69) is 15.9 Å². The Labute approximate surface area is 161 Å². The molecule has 0 saturated carbocycles. The van der Waals surface area contributed by atoms with Crippen LogP contribution in [-0.4, -0.2) is 24.1 Å². The highest BCUT2D eigenvalue weighted by Gasteiger charge is 2.50. The number of rotatable bonds is 3. The average molecular weight is 411 g/mol. The van der Waals surface area contributed by atoms with Gasteiger partial charge in [-0.05, 0) is 36.2 Å². The maximum atomic E-state index is 13.1. The van der Waals surface area contributed by atoms with Crippen LogP contribution in [0.5, 0.6) is 0 Å². The van der Waals surface area contributed by atoms with Gasteiger partial charge in [-0.25, -0.2) is 0 Å². The Morgan fingerprint density at radius 1 is 1.12 bits per heavy atom. The Kier molecular flexibility index (Phi) is 4.41. The number of halogens is 1. The highest BCUT2D eigenvalue weighted by Crippen LogP contribution is 2.42. The normalized spacial score (nSPS) is 22.4. The van der Waals surface area contributed by atoms with Crippen molar-refractivity contribution in [2.45, 2.75) is 24.8 Å². The van der Waals surface area contributed by atoms with Gasteiger partial charge in [0.1, 0.15) is 5.54 Å². The van der Waals surface area contributed by atoms with E-state index in [9.17, 15) is 4.79 Å². The first-order chi connectivity index (χ1) is 12.6. The van der Waals surface area contributed by atoms with E-state index in [0.717, 1.165) is 33.6 Å². The second-order valence-electron chi connectivity index (χ2n) is 6.59. The summed E-state index contributed by atoms with van der Waals surface area (Å²) in [5.74, 6) is 0.797. The van der Waals surface area contributed by atoms with E-state index in [-0.39, 0.29) is 5.78 Å². The SMILES string of the molecule is COC1=CC(=O)C2(CC1)CC(c1ccc(Br)cc1)=NN2c1ccccc1. The topological polar surface area (TPSA) is 41.9 Å². The molecule has 2 aromatic rings. The van der Waals surface area contributed by atoms with E-state index in [4.69, 9.17) is 9.84 Å². The Bertz CT molecular complexity index is 890. The highest BCUT2D eigenvalue weighted by atomic mass is 79.9. The highest BCUT2D eigenvalue weighted by molar-refractivity contribution is 9.10. The monoisotopic (exact) mass is 410 g/mol. The lowest BCUT2D eigenvalue weighted by atomic mass is 9.79. The van der Waals surface area contributed by atoms with Crippen molar-refractivity contribution in [3.8, 4) is 0 Å². The number of ketones is 1. The smallest absolute Gasteiger partial charge is 0.187 e. The second-order valence-corrected chi connectivity index (χ2v) is 7.50. The first-order valence-corrected chi connectivity index (χ1v) is 9.39. The zero-order valence-electron chi connectivity index (χ0n) is 14.5. The molecule has 1 aliphatic carbocycles. The van der Waals surface area contributed by atoms with E-state index in [1.165, 1.54) is 0 Å². The van der Waals surface area contributed by atoms with Gasteiger partial charge in [0.15, 0.2) is 5.78 Å². The van der Waals surface area contributed by atoms with Gasteiger partial charge >= 0.3 is 0 Å². The molecule has 1 spiro atoms. The molecule has 1 atom stereocenters. The van der Waals surface area contributed by atoms with Gasteiger partial charge in [-0.1, -0.05) is 46.3 Å². The molecule has 5 heteroatoms. The fraction of sp³-hybridized carbons (Fsp3) is 0.238. The van der Waals surface area contributed by atoms with Crippen molar-refractivity contribution in [1.29, 1.82) is 0 Å². The lowest BCUT2D eigenvalue weighted by molar-refractivity contribution is -0.120. The van der Waals surface area contributed by atoms with Gasteiger partial charge in [-0.3, -0.25) is 9.80 Å². The first-order valence-electron chi connectivity index (χ1n) is 8.60. The lowest BCUT2D eigenvalue weighted by Crippen LogP contribution is -2.51. The number of para-hydroxylation sites is 1. The predicted octanol–water partition coefficient (Wildman–Crippen LogP) is 4.70. The summed E-state index contributed by atoms with van der Waals surface area (Å²) in [6.07, 6.45) is 3.65. The summed E-state index contributed by atoms with van der Waals surface area (Å²) in [5.41, 5.74) is 2.23. The van der Waals surface area contributed by atoms with Gasteiger partial charge < -0.3 is 4.74 Å². The van der Waals surface area contributed by atoms with Crippen LogP contribution in [0.1, 0.15) is 24.8 Å². The van der Waals surface area contributed by atoms with Gasteiger partial charge in [-0.2, -0.15) is 5.10 Å². The second kappa shape index (κ2) is 6.72.